The molecule has 0 bridgehead atoms. The Kier molecular flexibility index (Phi) is 2.59. The molecule has 1 rings (SSSR count). The van der Waals surface area contributed by atoms with Crippen molar-refractivity contribution in [3.8, 4) is 0 Å². The molecule has 3 nitrogen and oxygen atoms in total. The van der Waals surface area contributed by atoms with Gasteiger partial charge in [-0.15, -0.1) is 0 Å². The molecule has 1 aliphatic heterocycles. The highest BCUT2D eigenvalue weighted by molar-refractivity contribution is 6.47. The van der Waals surface area contributed by atoms with Crippen LogP contribution in [-0.4, -0.2) is 11.7 Å². The summed E-state index contributed by atoms with van der Waals surface area (Å²) in [4.78, 5) is 22.1. The lowest BCUT2D eigenvalue weighted by molar-refractivity contribution is -0.133. The number of hydrogen-bond donors (Lipinski definition) is 1. The van der Waals surface area contributed by atoms with E-state index in [0.29, 0.717) is 11.3 Å². The molecule has 0 aromatic rings. The van der Waals surface area contributed by atoms with Crippen LogP contribution in [0.15, 0.2) is 48.7 Å². The van der Waals surface area contributed by atoms with Crippen LogP contribution >= 0.6 is 0 Å². The monoisotopic (exact) mass is 175 g/mol. The van der Waals surface area contributed by atoms with Gasteiger partial charge in [-0.1, -0.05) is 25.3 Å². The van der Waals surface area contributed by atoms with E-state index < -0.39 is 11.7 Å². The molecule has 3 heteroatoms. The van der Waals surface area contributed by atoms with Crippen molar-refractivity contribution < 1.29 is 9.59 Å². The molecule has 0 spiro atoms. The Bertz CT molecular complexity index is 348. The van der Waals surface area contributed by atoms with Crippen molar-refractivity contribution in [2.24, 2.45) is 0 Å². The third-order valence-electron chi connectivity index (χ3n) is 1.56. The molecule has 0 aliphatic carbocycles. The SMILES string of the molecule is C=C/C=C1/NC(=O)C(=O)/C1=C/C=C. The quantitative estimate of drug-likeness (QED) is 0.500. The number of carbonyl (C=O) groups is 2. The number of hydrogen-bond acceptors (Lipinski definition) is 2. The van der Waals surface area contributed by atoms with E-state index in [0.717, 1.165) is 0 Å². The van der Waals surface area contributed by atoms with Crippen molar-refractivity contribution in [3.63, 3.8) is 0 Å². The molecule has 13 heavy (non-hydrogen) atoms. The fraction of sp³-hybridized carbons (Fsp3) is 0. The molecule has 66 valence electrons. The molecule has 1 heterocycles. The number of rotatable bonds is 2. The van der Waals surface area contributed by atoms with E-state index in [2.05, 4.69) is 18.5 Å². The maximum atomic E-state index is 11.2. The summed E-state index contributed by atoms with van der Waals surface area (Å²) in [5.41, 5.74) is 0.810. The Morgan fingerprint density at radius 1 is 1.08 bits per heavy atom. The Morgan fingerprint density at radius 2 is 1.69 bits per heavy atom. The van der Waals surface area contributed by atoms with Crippen molar-refractivity contribution >= 4 is 11.7 Å². The van der Waals surface area contributed by atoms with Crippen molar-refractivity contribution in [1.82, 2.24) is 5.32 Å². The maximum absolute atomic E-state index is 11.2. The summed E-state index contributed by atoms with van der Waals surface area (Å²) >= 11 is 0. The van der Waals surface area contributed by atoms with Crippen LogP contribution in [0, 0.1) is 0 Å². The Labute approximate surface area is 76.1 Å². The lowest BCUT2D eigenvalue weighted by atomic mass is 10.1. The summed E-state index contributed by atoms with van der Waals surface area (Å²) in [6, 6.07) is 0. The van der Waals surface area contributed by atoms with Crippen molar-refractivity contribution in [2.45, 2.75) is 0 Å². The Hall–Kier alpha value is -1.90. The molecular weight excluding hydrogens is 166 g/mol. The number of amides is 1. The summed E-state index contributed by atoms with van der Waals surface area (Å²) in [6.07, 6.45) is 6.03. The van der Waals surface area contributed by atoms with Gasteiger partial charge in [0.05, 0.1) is 11.3 Å². The molecule has 1 fully saturated rings. The van der Waals surface area contributed by atoms with Crippen LogP contribution in [0.2, 0.25) is 0 Å². The first-order chi connectivity index (χ1) is 6.20. The zero-order valence-electron chi connectivity index (χ0n) is 7.04. The first kappa shape index (κ1) is 9.19. The molecule has 0 aromatic carbocycles. The molecule has 0 unspecified atom stereocenters. The van der Waals surface area contributed by atoms with Gasteiger partial charge >= 0.3 is 0 Å². The zero-order valence-corrected chi connectivity index (χ0v) is 7.04. The number of allylic oxidation sites excluding steroid dienone is 5. The standard InChI is InChI=1S/C10H9NO2/c1-3-5-7-8(6-4-2)11-10(13)9(7)12/h3-6H,1-2H2,(H,11,13)/b7-5+,8-6+. The molecule has 1 aliphatic rings. The second-order valence-electron chi connectivity index (χ2n) is 2.42. The number of ketones is 1. The van der Waals surface area contributed by atoms with E-state index in [1.165, 1.54) is 18.2 Å². The molecule has 1 saturated heterocycles. The highest BCUT2D eigenvalue weighted by Crippen LogP contribution is 2.15. The largest absolute Gasteiger partial charge is 0.318 e. The summed E-state index contributed by atoms with van der Waals surface area (Å²) in [7, 11) is 0. The van der Waals surface area contributed by atoms with Gasteiger partial charge in [0, 0.05) is 0 Å². The maximum Gasteiger partial charge on any atom is 0.296 e. The van der Waals surface area contributed by atoms with Crippen LogP contribution in [0.1, 0.15) is 0 Å². The van der Waals surface area contributed by atoms with Crippen molar-refractivity contribution in [3.05, 3.63) is 48.7 Å². The van der Waals surface area contributed by atoms with Crippen LogP contribution < -0.4 is 5.32 Å². The highest BCUT2D eigenvalue weighted by Gasteiger charge is 2.29. The van der Waals surface area contributed by atoms with Gasteiger partial charge in [0.15, 0.2) is 0 Å². The van der Waals surface area contributed by atoms with Crippen molar-refractivity contribution in [2.75, 3.05) is 0 Å². The van der Waals surface area contributed by atoms with E-state index in [1.807, 2.05) is 0 Å². The summed E-state index contributed by atoms with van der Waals surface area (Å²) in [6.45, 7) is 6.93. The molecule has 0 radical (unpaired) electrons. The topological polar surface area (TPSA) is 46.2 Å². The van der Waals surface area contributed by atoms with Gasteiger partial charge < -0.3 is 5.32 Å². The van der Waals surface area contributed by atoms with Crippen LogP contribution in [0.4, 0.5) is 0 Å². The van der Waals surface area contributed by atoms with Gasteiger partial charge in [0.2, 0.25) is 0 Å². The van der Waals surface area contributed by atoms with Crippen LogP contribution in [0.25, 0.3) is 0 Å². The van der Waals surface area contributed by atoms with Gasteiger partial charge in [-0.25, -0.2) is 0 Å². The lowest BCUT2D eigenvalue weighted by Crippen LogP contribution is -2.17. The van der Waals surface area contributed by atoms with Gasteiger partial charge in [-0.3, -0.25) is 9.59 Å². The lowest BCUT2D eigenvalue weighted by Gasteiger charge is -1.93. The van der Waals surface area contributed by atoms with E-state index in [9.17, 15) is 9.59 Å². The summed E-state index contributed by atoms with van der Waals surface area (Å²) < 4.78 is 0. The van der Waals surface area contributed by atoms with Crippen LogP contribution in [0.5, 0.6) is 0 Å². The minimum absolute atomic E-state index is 0.333. The molecule has 0 saturated carbocycles. The van der Waals surface area contributed by atoms with E-state index in [1.54, 1.807) is 6.08 Å². The predicted octanol–water partition coefficient (Wildman–Crippen LogP) is 0.868. The normalized spacial score (nSPS) is 22.2. The number of Topliss-reactive ketones (excluding diaryl/α,β-unsaturated/α-hetero) is 1. The minimum Gasteiger partial charge on any atom is -0.318 e. The van der Waals surface area contributed by atoms with Gasteiger partial charge in [0.1, 0.15) is 0 Å². The number of nitrogens with one attached hydrogen (secondary N) is 1. The van der Waals surface area contributed by atoms with E-state index in [4.69, 9.17) is 0 Å². The first-order valence-corrected chi connectivity index (χ1v) is 3.72. The third kappa shape index (κ3) is 1.64. The molecule has 0 atom stereocenters. The Balaban J connectivity index is 3.14. The first-order valence-electron chi connectivity index (χ1n) is 3.72. The van der Waals surface area contributed by atoms with Gasteiger partial charge in [-0.2, -0.15) is 0 Å². The van der Waals surface area contributed by atoms with Gasteiger partial charge in [0.25, 0.3) is 11.7 Å². The molecular formula is C10H9NO2. The van der Waals surface area contributed by atoms with Crippen LogP contribution in [0.3, 0.4) is 0 Å². The molecule has 1 amide bonds. The van der Waals surface area contributed by atoms with Crippen molar-refractivity contribution in [1.29, 1.82) is 0 Å². The minimum atomic E-state index is -0.610. The average molecular weight is 175 g/mol. The second kappa shape index (κ2) is 3.67. The fourth-order valence-corrected chi connectivity index (χ4v) is 1.02. The fourth-order valence-electron chi connectivity index (χ4n) is 1.02. The zero-order chi connectivity index (χ0) is 9.84. The van der Waals surface area contributed by atoms with Crippen LogP contribution in [-0.2, 0) is 9.59 Å². The average Bonchev–Trinajstić information content (AvgIpc) is 2.34. The summed E-state index contributed by atoms with van der Waals surface area (Å²) in [5.74, 6) is -1.14. The second-order valence-corrected chi connectivity index (χ2v) is 2.42. The molecule has 1 N–H and O–H groups in total. The summed E-state index contributed by atoms with van der Waals surface area (Å²) in [5, 5.41) is 2.42. The van der Waals surface area contributed by atoms with Gasteiger partial charge in [-0.05, 0) is 12.2 Å². The smallest absolute Gasteiger partial charge is 0.296 e. The van der Waals surface area contributed by atoms with E-state index in [-0.39, 0.29) is 0 Å². The molecule has 0 aromatic heterocycles. The third-order valence-corrected chi connectivity index (χ3v) is 1.56. The highest BCUT2D eigenvalue weighted by atomic mass is 16.2. The Morgan fingerprint density at radius 3 is 2.23 bits per heavy atom. The number of carbonyl (C=O) groups excluding carboxylic acids is 2. The predicted molar refractivity (Wildman–Crippen MR) is 49.7 cm³/mol. The van der Waals surface area contributed by atoms with E-state index >= 15 is 0 Å².